The first-order chi connectivity index (χ1) is 11.2. The van der Waals surface area contributed by atoms with Crippen molar-refractivity contribution in [3.63, 3.8) is 0 Å². The van der Waals surface area contributed by atoms with E-state index in [9.17, 15) is 9.59 Å². The van der Waals surface area contributed by atoms with Crippen LogP contribution in [-0.2, 0) is 0 Å². The van der Waals surface area contributed by atoms with Crippen molar-refractivity contribution in [1.82, 2.24) is 10.9 Å². The summed E-state index contributed by atoms with van der Waals surface area (Å²) < 4.78 is 10.6. The molecular formula is C17H18N2O4. The van der Waals surface area contributed by atoms with E-state index in [-0.39, 0.29) is 0 Å². The fourth-order valence-corrected chi connectivity index (χ4v) is 1.93. The van der Waals surface area contributed by atoms with E-state index in [1.807, 2.05) is 13.0 Å². The monoisotopic (exact) mass is 314 g/mol. The maximum Gasteiger partial charge on any atom is 0.269 e. The van der Waals surface area contributed by atoms with Gasteiger partial charge in [0, 0.05) is 11.1 Å². The number of carbonyl (C=O) groups is 2. The summed E-state index contributed by atoms with van der Waals surface area (Å²) in [5.74, 6) is 0.170. The van der Waals surface area contributed by atoms with Gasteiger partial charge in [-0.1, -0.05) is 18.2 Å². The summed E-state index contributed by atoms with van der Waals surface area (Å²) in [6.45, 7) is 2.29. The van der Waals surface area contributed by atoms with Crippen molar-refractivity contribution in [3.05, 3.63) is 59.7 Å². The van der Waals surface area contributed by atoms with Crippen LogP contribution in [0.5, 0.6) is 11.5 Å². The van der Waals surface area contributed by atoms with Gasteiger partial charge in [-0.2, -0.15) is 0 Å². The molecule has 0 heterocycles. The fourth-order valence-electron chi connectivity index (χ4n) is 1.93. The molecule has 2 rings (SSSR count). The number of rotatable bonds is 5. The maximum atomic E-state index is 12.1. The average molecular weight is 314 g/mol. The van der Waals surface area contributed by atoms with Crippen molar-refractivity contribution >= 4 is 11.8 Å². The maximum absolute atomic E-state index is 12.1. The Labute approximate surface area is 134 Å². The minimum Gasteiger partial charge on any atom is -0.493 e. The van der Waals surface area contributed by atoms with E-state index in [0.29, 0.717) is 29.2 Å². The van der Waals surface area contributed by atoms with Crippen molar-refractivity contribution in [1.29, 1.82) is 0 Å². The molecule has 6 nitrogen and oxygen atoms in total. The summed E-state index contributed by atoms with van der Waals surface area (Å²) >= 11 is 0. The molecule has 6 heteroatoms. The zero-order valence-electron chi connectivity index (χ0n) is 13.0. The normalized spacial score (nSPS) is 9.83. The molecule has 0 aliphatic carbocycles. The van der Waals surface area contributed by atoms with Gasteiger partial charge in [-0.05, 0) is 37.3 Å². The second-order valence-electron chi connectivity index (χ2n) is 4.57. The Morgan fingerprint density at radius 2 is 1.57 bits per heavy atom. The lowest BCUT2D eigenvalue weighted by Gasteiger charge is -2.11. The third kappa shape index (κ3) is 4.23. The topological polar surface area (TPSA) is 76.7 Å². The zero-order valence-corrected chi connectivity index (χ0v) is 13.0. The third-order valence-electron chi connectivity index (χ3n) is 3.05. The molecular weight excluding hydrogens is 296 g/mol. The summed E-state index contributed by atoms with van der Waals surface area (Å²) in [5.41, 5.74) is 5.54. The van der Waals surface area contributed by atoms with Gasteiger partial charge in [0.1, 0.15) is 0 Å². The predicted octanol–water partition coefficient (Wildman–Crippen LogP) is 2.17. The molecule has 0 fully saturated rings. The van der Waals surface area contributed by atoms with E-state index in [1.165, 1.54) is 7.11 Å². The Morgan fingerprint density at radius 1 is 0.913 bits per heavy atom. The van der Waals surface area contributed by atoms with Crippen LogP contribution < -0.4 is 20.3 Å². The van der Waals surface area contributed by atoms with Crippen LogP contribution in [0.2, 0.25) is 0 Å². The molecule has 0 saturated carbocycles. The lowest BCUT2D eigenvalue weighted by atomic mass is 10.2. The summed E-state index contributed by atoms with van der Waals surface area (Å²) in [6, 6.07) is 13.4. The predicted molar refractivity (Wildman–Crippen MR) is 85.5 cm³/mol. The van der Waals surface area contributed by atoms with Gasteiger partial charge in [0.15, 0.2) is 11.5 Å². The van der Waals surface area contributed by atoms with E-state index in [1.54, 1.807) is 42.5 Å². The number of hydrazine groups is 1. The van der Waals surface area contributed by atoms with Gasteiger partial charge >= 0.3 is 0 Å². The number of hydrogen-bond donors (Lipinski definition) is 2. The van der Waals surface area contributed by atoms with Gasteiger partial charge < -0.3 is 9.47 Å². The minimum atomic E-state index is -0.446. The summed E-state index contributed by atoms with van der Waals surface area (Å²) in [4.78, 5) is 24.0. The molecule has 23 heavy (non-hydrogen) atoms. The van der Waals surface area contributed by atoms with Crippen LogP contribution in [0.25, 0.3) is 0 Å². The van der Waals surface area contributed by atoms with Crippen molar-refractivity contribution in [2.24, 2.45) is 0 Å². The minimum absolute atomic E-state index is 0.350. The van der Waals surface area contributed by atoms with E-state index in [0.717, 1.165) is 0 Å². The third-order valence-corrected chi connectivity index (χ3v) is 3.05. The van der Waals surface area contributed by atoms with Gasteiger partial charge in [0.2, 0.25) is 0 Å². The molecule has 0 unspecified atom stereocenters. The highest BCUT2D eigenvalue weighted by Gasteiger charge is 2.12. The zero-order chi connectivity index (χ0) is 16.7. The summed E-state index contributed by atoms with van der Waals surface area (Å²) in [6.07, 6.45) is 0. The Hall–Kier alpha value is -3.02. The Kier molecular flexibility index (Phi) is 5.57. The van der Waals surface area contributed by atoms with E-state index >= 15 is 0 Å². The lowest BCUT2D eigenvalue weighted by molar-refractivity contribution is 0.0846. The molecule has 2 aromatic carbocycles. The second-order valence-corrected chi connectivity index (χ2v) is 4.57. The quantitative estimate of drug-likeness (QED) is 0.829. The molecule has 0 saturated heterocycles. The lowest BCUT2D eigenvalue weighted by Crippen LogP contribution is -2.41. The van der Waals surface area contributed by atoms with Gasteiger partial charge in [-0.25, -0.2) is 0 Å². The van der Waals surface area contributed by atoms with Gasteiger partial charge in [0.25, 0.3) is 11.8 Å². The first kappa shape index (κ1) is 16.4. The highest BCUT2D eigenvalue weighted by atomic mass is 16.5. The van der Waals surface area contributed by atoms with Crippen LogP contribution in [-0.4, -0.2) is 25.5 Å². The highest BCUT2D eigenvalue weighted by molar-refractivity contribution is 5.99. The van der Waals surface area contributed by atoms with Crippen molar-refractivity contribution < 1.29 is 19.1 Å². The van der Waals surface area contributed by atoms with Crippen LogP contribution in [0.4, 0.5) is 0 Å². The molecule has 0 spiro atoms. The molecule has 0 aromatic heterocycles. The Morgan fingerprint density at radius 3 is 2.17 bits per heavy atom. The number of amides is 2. The standard InChI is InChI=1S/C17H18N2O4/c1-3-23-15-11-13(9-10-14(15)22-2)17(21)19-18-16(20)12-7-5-4-6-8-12/h4-11H,3H2,1-2H3,(H,18,20)(H,19,21). The SMILES string of the molecule is CCOc1cc(C(=O)NNC(=O)c2ccccc2)ccc1OC. The first-order valence-corrected chi connectivity index (χ1v) is 7.12. The molecule has 0 radical (unpaired) electrons. The Balaban J connectivity index is 2.03. The molecule has 2 aromatic rings. The molecule has 0 aliphatic heterocycles. The molecule has 0 atom stereocenters. The number of ether oxygens (including phenoxy) is 2. The number of methoxy groups -OCH3 is 1. The van der Waals surface area contributed by atoms with E-state index in [4.69, 9.17) is 9.47 Å². The number of carbonyl (C=O) groups excluding carboxylic acids is 2. The smallest absolute Gasteiger partial charge is 0.269 e. The van der Waals surface area contributed by atoms with Crippen LogP contribution in [0, 0.1) is 0 Å². The number of hydrogen-bond acceptors (Lipinski definition) is 4. The average Bonchev–Trinajstić information content (AvgIpc) is 2.60. The van der Waals surface area contributed by atoms with Gasteiger partial charge in [-0.15, -0.1) is 0 Å². The van der Waals surface area contributed by atoms with E-state index < -0.39 is 11.8 Å². The van der Waals surface area contributed by atoms with Crippen LogP contribution >= 0.6 is 0 Å². The number of benzene rings is 2. The molecule has 2 amide bonds. The summed E-state index contributed by atoms with van der Waals surface area (Å²) in [7, 11) is 1.53. The number of nitrogens with one attached hydrogen (secondary N) is 2. The van der Waals surface area contributed by atoms with Crippen LogP contribution in [0.1, 0.15) is 27.6 Å². The highest BCUT2D eigenvalue weighted by Crippen LogP contribution is 2.27. The van der Waals surface area contributed by atoms with Gasteiger partial charge in [-0.3, -0.25) is 20.4 Å². The fraction of sp³-hybridized carbons (Fsp3) is 0.176. The molecule has 0 aliphatic rings. The molecule has 2 N–H and O–H groups in total. The van der Waals surface area contributed by atoms with Crippen molar-refractivity contribution in [2.75, 3.05) is 13.7 Å². The van der Waals surface area contributed by atoms with Crippen LogP contribution in [0.15, 0.2) is 48.5 Å². The summed E-state index contributed by atoms with van der Waals surface area (Å²) in [5, 5.41) is 0. The molecule has 0 bridgehead atoms. The van der Waals surface area contributed by atoms with Crippen molar-refractivity contribution in [3.8, 4) is 11.5 Å². The van der Waals surface area contributed by atoms with Gasteiger partial charge in [0.05, 0.1) is 13.7 Å². The van der Waals surface area contributed by atoms with Crippen LogP contribution in [0.3, 0.4) is 0 Å². The van der Waals surface area contributed by atoms with Crippen molar-refractivity contribution in [2.45, 2.75) is 6.92 Å². The largest absolute Gasteiger partial charge is 0.493 e. The first-order valence-electron chi connectivity index (χ1n) is 7.12. The Bertz CT molecular complexity index is 686. The molecule has 120 valence electrons. The van der Waals surface area contributed by atoms with E-state index in [2.05, 4.69) is 10.9 Å². The second kappa shape index (κ2) is 7.84.